The zero-order valence-electron chi connectivity index (χ0n) is 18.2. The highest BCUT2D eigenvalue weighted by Crippen LogP contribution is 2.43. The summed E-state index contributed by atoms with van der Waals surface area (Å²) in [5.74, 6) is 1.20. The first-order valence-corrected chi connectivity index (χ1v) is 11.8. The molecule has 3 aliphatic rings. The zero-order chi connectivity index (χ0) is 20.9. The summed E-state index contributed by atoms with van der Waals surface area (Å²) >= 11 is 0. The van der Waals surface area contributed by atoms with Crippen molar-refractivity contribution in [3.8, 4) is 0 Å². The van der Waals surface area contributed by atoms with Crippen LogP contribution in [0.1, 0.15) is 51.9 Å². The number of carbonyl (C=O) groups is 2. The van der Waals surface area contributed by atoms with Crippen LogP contribution < -0.4 is 10.6 Å². The predicted molar refractivity (Wildman–Crippen MR) is 119 cm³/mol. The molecule has 164 valence electrons. The number of nitrogens with zero attached hydrogens (tertiary/aromatic N) is 2. The van der Waals surface area contributed by atoms with Crippen molar-refractivity contribution in [2.45, 2.75) is 64.0 Å². The fourth-order valence-corrected chi connectivity index (χ4v) is 6.07. The third kappa shape index (κ3) is 4.64. The van der Waals surface area contributed by atoms with Gasteiger partial charge in [0, 0.05) is 37.3 Å². The van der Waals surface area contributed by atoms with Gasteiger partial charge in [-0.15, -0.1) is 0 Å². The van der Waals surface area contributed by atoms with Crippen LogP contribution in [-0.4, -0.2) is 60.0 Å². The summed E-state index contributed by atoms with van der Waals surface area (Å²) in [7, 11) is 0. The van der Waals surface area contributed by atoms with Crippen molar-refractivity contribution in [1.29, 1.82) is 0 Å². The van der Waals surface area contributed by atoms with Crippen molar-refractivity contribution in [3.63, 3.8) is 0 Å². The van der Waals surface area contributed by atoms with Gasteiger partial charge in [0.1, 0.15) is 0 Å². The van der Waals surface area contributed by atoms with E-state index >= 15 is 0 Å². The molecule has 0 radical (unpaired) electrons. The van der Waals surface area contributed by atoms with Gasteiger partial charge < -0.3 is 15.5 Å². The molecule has 4 atom stereocenters. The molecule has 0 saturated carbocycles. The maximum absolute atomic E-state index is 12.9. The number of hydrogen-bond acceptors (Lipinski definition) is 3. The van der Waals surface area contributed by atoms with Crippen molar-refractivity contribution in [3.05, 3.63) is 30.3 Å². The summed E-state index contributed by atoms with van der Waals surface area (Å²) in [5.41, 5.74) is 0.845. The smallest absolute Gasteiger partial charge is 0.317 e. The third-order valence-corrected chi connectivity index (χ3v) is 7.22. The Labute approximate surface area is 180 Å². The lowest BCUT2D eigenvalue weighted by Crippen LogP contribution is -2.66. The van der Waals surface area contributed by atoms with Crippen molar-refractivity contribution in [2.75, 3.05) is 31.5 Å². The van der Waals surface area contributed by atoms with Crippen LogP contribution in [0.4, 0.5) is 10.5 Å². The molecule has 2 N–H and O–H groups in total. The highest BCUT2D eigenvalue weighted by atomic mass is 16.2. The molecule has 6 heteroatoms. The van der Waals surface area contributed by atoms with Gasteiger partial charge in [-0.3, -0.25) is 9.69 Å². The van der Waals surface area contributed by atoms with Crippen molar-refractivity contribution < 1.29 is 9.59 Å². The molecule has 3 heterocycles. The minimum absolute atomic E-state index is 0.0578. The number of benzene rings is 1. The highest BCUT2D eigenvalue weighted by molar-refractivity contribution is 5.90. The molecule has 4 rings (SSSR count). The number of rotatable bonds is 6. The summed E-state index contributed by atoms with van der Waals surface area (Å²) in [6.45, 7) is 5.93. The Balaban J connectivity index is 1.41. The Bertz CT molecular complexity index is 723. The monoisotopic (exact) mass is 412 g/mol. The first-order valence-electron chi connectivity index (χ1n) is 11.8. The molecule has 1 aromatic rings. The Morgan fingerprint density at radius 3 is 2.63 bits per heavy atom. The van der Waals surface area contributed by atoms with Crippen LogP contribution in [0, 0.1) is 11.8 Å². The topological polar surface area (TPSA) is 64.7 Å². The lowest BCUT2D eigenvalue weighted by atomic mass is 9.69. The predicted octanol–water partition coefficient (Wildman–Crippen LogP) is 3.70. The number of anilines is 1. The Morgan fingerprint density at radius 2 is 1.87 bits per heavy atom. The van der Waals surface area contributed by atoms with Crippen LogP contribution in [0.2, 0.25) is 0 Å². The zero-order valence-corrected chi connectivity index (χ0v) is 18.2. The van der Waals surface area contributed by atoms with Crippen LogP contribution in [0.5, 0.6) is 0 Å². The second kappa shape index (κ2) is 9.82. The SMILES string of the molecule is CCNC(=O)N1C[C@@H]2CCCN3CCC[C@@H]([C@H]23)[C@H]1CCCC(=O)Nc1ccccc1. The molecular formula is C24H36N4O2. The molecule has 0 aromatic heterocycles. The molecule has 0 bridgehead atoms. The summed E-state index contributed by atoms with van der Waals surface area (Å²) in [5, 5.41) is 6.02. The second-order valence-corrected chi connectivity index (χ2v) is 9.10. The number of likely N-dealkylation sites (tertiary alicyclic amines) is 1. The van der Waals surface area contributed by atoms with Gasteiger partial charge in [0.05, 0.1) is 0 Å². The van der Waals surface area contributed by atoms with Gasteiger partial charge in [-0.05, 0) is 82.5 Å². The fraction of sp³-hybridized carbons (Fsp3) is 0.667. The molecule has 0 unspecified atom stereocenters. The number of hydrogen-bond donors (Lipinski definition) is 2. The number of piperidine rings is 3. The molecule has 0 spiro atoms. The van der Waals surface area contributed by atoms with E-state index in [0.717, 1.165) is 25.1 Å². The van der Waals surface area contributed by atoms with Crippen molar-refractivity contribution in [1.82, 2.24) is 15.1 Å². The van der Waals surface area contributed by atoms with E-state index in [9.17, 15) is 9.59 Å². The Kier molecular flexibility index (Phi) is 6.93. The highest BCUT2D eigenvalue weighted by Gasteiger charge is 2.49. The van der Waals surface area contributed by atoms with E-state index in [2.05, 4.69) is 20.4 Å². The molecule has 0 aliphatic carbocycles. The molecule has 3 amide bonds. The van der Waals surface area contributed by atoms with Gasteiger partial charge in [0.25, 0.3) is 0 Å². The number of amides is 3. The number of carbonyl (C=O) groups excluding carboxylic acids is 2. The van der Waals surface area contributed by atoms with Gasteiger partial charge in [-0.1, -0.05) is 18.2 Å². The molecule has 3 fully saturated rings. The maximum atomic E-state index is 12.9. The summed E-state index contributed by atoms with van der Waals surface area (Å²) in [6, 6.07) is 10.6. The van der Waals surface area contributed by atoms with E-state index in [4.69, 9.17) is 0 Å². The van der Waals surface area contributed by atoms with E-state index in [-0.39, 0.29) is 18.0 Å². The van der Waals surface area contributed by atoms with E-state index in [0.29, 0.717) is 30.8 Å². The minimum Gasteiger partial charge on any atom is -0.338 e. The van der Waals surface area contributed by atoms with Gasteiger partial charge in [0.2, 0.25) is 5.91 Å². The molecule has 3 saturated heterocycles. The quantitative estimate of drug-likeness (QED) is 0.749. The lowest BCUT2D eigenvalue weighted by molar-refractivity contribution is -0.116. The molecular weight excluding hydrogens is 376 g/mol. The summed E-state index contributed by atoms with van der Waals surface area (Å²) in [4.78, 5) is 30.1. The summed E-state index contributed by atoms with van der Waals surface area (Å²) < 4.78 is 0. The minimum atomic E-state index is 0.0578. The number of para-hydroxylation sites is 1. The van der Waals surface area contributed by atoms with Gasteiger partial charge in [0.15, 0.2) is 0 Å². The van der Waals surface area contributed by atoms with Gasteiger partial charge >= 0.3 is 6.03 Å². The first kappa shape index (κ1) is 21.2. The number of urea groups is 1. The number of nitrogens with one attached hydrogen (secondary N) is 2. The lowest BCUT2D eigenvalue weighted by Gasteiger charge is -2.57. The van der Waals surface area contributed by atoms with Crippen LogP contribution in [0.3, 0.4) is 0 Å². The first-order chi connectivity index (χ1) is 14.7. The Morgan fingerprint density at radius 1 is 1.10 bits per heavy atom. The molecule has 1 aromatic carbocycles. The average molecular weight is 413 g/mol. The van der Waals surface area contributed by atoms with Gasteiger partial charge in [-0.25, -0.2) is 4.79 Å². The maximum Gasteiger partial charge on any atom is 0.317 e. The van der Waals surface area contributed by atoms with E-state index in [1.807, 2.05) is 37.3 Å². The second-order valence-electron chi connectivity index (χ2n) is 9.10. The summed E-state index contributed by atoms with van der Waals surface area (Å²) in [6.07, 6.45) is 7.13. The normalized spacial score (nSPS) is 28.5. The fourth-order valence-electron chi connectivity index (χ4n) is 6.07. The largest absolute Gasteiger partial charge is 0.338 e. The van der Waals surface area contributed by atoms with Crippen LogP contribution in [0.15, 0.2) is 30.3 Å². The van der Waals surface area contributed by atoms with E-state index in [1.54, 1.807) is 0 Å². The van der Waals surface area contributed by atoms with Crippen molar-refractivity contribution in [2.24, 2.45) is 11.8 Å². The van der Waals surface area contributed by atoms with E-state index < -0.39 is 0 Å². The standard InChI is InChI=1S/C24H36N4O2/c1-2-25-24(30)28-17-18-9-7-15-27-16-8-12-20(23(18)27)21(28)13-6-14-22(29)26-19-10-4-3-5-11-19/h3-5,10-11,18,20-21,23H,2,6-9,12-17H2,1H3,(H,25,30)(H,26,29)/t18-,20+,21+,23-/m0/s1. The van der Waals surface area contributed by atoms with Crippen LogP contribution in [-0.2, 0) is 4.79 Å². The van der Waals surface area contributed by atoms with Gasteiger partial charge in [-0.2, -0.15) is 0 Å². The third-order valence-electron chi connectivity index (χ3n) is 7.22. The van der Waals surface area contributed by atoms with Crippen molar-refractivity contribution >= 4 is 17.6 Å². The van der Waals surface area contributed by atoms with E-state index in [1.165, 1.54) is 38.8 Å². The molecule has 3 aliphatic heterocycles. The van der Waals surface area contributed by atoms with Crippen LogP contribution >= 0.6 is 0 Å². The molecule has 6 nitrogen and oxygen atoms in total. The van der Waals surface area contributed by atoms with Crippen LogP contribution in [0.25, 0.3) is 0 Å². The molecule has 30 heavy (non-hydrogen) atoms. The Hall–Kier alpha value is -2.08. The average Bonchev–Trinajstić information content (AvgIpc) is 2.76.